The van der Waals surface area contributed by atoms with Gasteiger partial charge >= 0.3 is 19.8 Å². The first kappa shape index (κ1) is 54.1. The van der Waals surface area contributed by atoms with E-state index in [0.717, 1.165) is 51.6 Å². The summed E-state index contributed by atoms with van der Waals surface area (Å²) in [5.41, 5.74) is 2.60. The van der Waals surface area contributed by atoms with Crippen LogP contribution in [-0.2, 0) is 0 Å². The summed E-state index contributed by atoms with van der Waals surface area (Å²) in [6.07, 6.45) is -2.69. The summed E-state index contributed by atoms with van der Waals surface area (Å²) in [6, 6.07) is 32.1. The quantitative estimate of drug-likeness (QED) is 0.110. The fourth-order valence-corrected chi connectivity index (χ4v) is 8.87. The van der Waals surface area contributed by atoms with Gasteiger partial charge in [0.25, 0.3) is 11.8 Å². The number of carbonyl (C=O) groups excluding carboxylic acids is 2. The van der Waals surface area contributed by atoms with Crippen LogP contribution in [0.2, 0.25) is 5.15 Å². The van der Waals surface area contributed by atoms with E-state index >= 15 is 0 Å². The van der Waals surface area contributed by atoms with Crippen molar-refractivity contribution in [3.8, 4) is 22.8 Å². The van der Waals surface area contributed by atoms with Crippen molar-refractivity contribution in [1.82, 2.24) is 40.2 Å². The van der Waals surface area contributed by atoms with E-state index < -0.39 is 25.6 Å². The van der Waals surface area contributed by atoms with Gasteiger partial charge in [0.05, 0.1) is 0 Å². The maximum Gasteiger partial charge on any atom is 0.573 e. The van der Waals surface area contributed by atoms with Crippen LogP contribution in [0, 0.1) is 0 Å². The SMILES string of the molecule is C[C@@H]1CN(C(=O)c2ccccc2)CCN1c1nnc(-c2ccc(OC(F)(F)F)cc2)c2ccncc12.C[C@@H]1CN(C(=O)c2ccccc2)CCN1c1nnc(Cl)c2ccncc12.OB(O)c1ccc(OC(F)(F)F)cc1. The van der Waals surface area contributed by atoms with E-state index in [9.17, 15) is 35.9 Å². The first-order chi connectivity index (χ1) is 36.3. The van der Waals surface area contributed by atoms with E-state index in [2.05, 4.69) is 56.6 Å². The van der Waals surface area contributed by atoms with Crippen molar-refractivity contribution in [2.45, 2.75) is 38.7 Å². The average molecular weight is 1070 g/mol. The van der Waals surface area contributed by atoms with Gasteiger partial charge in [0.2, 0.25) is 0 Å². The topological polar surface area (TPSA) is 183 Å². The number of carbonyl (C=O) groups is 2. The first-order valence-corrected chi connectivity index (χ1v) is 23.9. The van der Waals surface area contributed by atoms with Crippen LogP contribution in [0.15, 0.2) is 146 Å². The predicted molar refractivity (Wildman–Crippen MR) is 273 cm³/mol. The molecule has 2 saturated heterocycles. The lowest BCUT2D eigenvalue weighted by Gasteiger charge is -2.40. The zero-order valence-electron chi connectivity index (χ0n) is 40.5. The van der Waals surface area contributed by atoms with E-state index in [1.54, 1.807) is 24.8 Å². The molecule has 0 unspecified atom stereocenters. The zero-order valence-corrected chi connectivity index (χ0v) is 41.2. The van der Waals surface area contributed by atoms with Crippen LogP contribution < -0.4 is 24.7 Å². The summed E-state index contributed by atoms with van der Waals surface area (Å²) in [4.78, 5) is 42.1. The molecule has 2 N–H and O–H groups in total. The number of hydrogen-bond donors (Lipinski definition) is 2. The summed E-state index contributed by atoms with van der Waals surface area (Å²) in [5, 5.41) is 38.2. The van der Waals surface area contributed by atoms with E-state index in [1.807, 2.05) is 89.5 Å². The van der Waals surface area contributed by atoms with Crippen LogP contribution in [-0.4, -0.2) is 133 Å². The van der Waals surface area contributed by atoms with Crippen LogP contribution in [0.4, 0.5) is 38.0 Å². The minimum absolute atomic E-state index is 0.00648. The number of amides is 2. The molecule has 2 fully saturated rings. The number of halogens is 7. The number of benzene rings is 4. The summed E-state index contributed by atoms with van der Waals surface area (Å²) in [6.45, 7) is 7.68. The van der Waals surface area contributed by atoms with Gasteiger partial charge in [0.1, 0.15) is 17.2 Å². The third-order valence-corrected chi connectivity index (χ3v) is 12.5. The smallest absolute Gasteiger partial charge is 0.423 e. The summed E-state index contributed by atoms with van der Waals surface area (Å²) in [7, 11) is -1.70. The maximum atomic E-state index is 12.9. The number of fused-ring (bicyclic) bond motifs is 2. The molecule has 4 aromatic heterocycles. The first-order valence-electron chi connectivity index (χ1n) is 23.5. The van der Waals surface area contributed by atoms with Gasteiger partial charge in [-0.25, -0.2) is 0 Å². The number of nitrogens with zero attached hydrogens (tertiary/aromatic N) is 10. The highest BCUT2D eigenvalue weighted by Gasteiger charge is 2.34. The van der Waals surface area contributed by atoms with E-state index in [0.29, 0.717) is 72.6 Å². The fourth-order valence-electron chi connectivity index (χ4n) is 8.67. The van der Waals surface area contributed by atoms with Crippen molar-refractivity contribution >= 4 is 69.2 Å². The highest BCUT2D eigenvalue weighted by molar-refractivity contribution is 6.58. The van der Waals surface area contributed by atoms with Crippen molar-refractivity contribution in [2.75, 3.05) is 49.1 Å². The third-order valence-electron chi connectivity index (χ3n) is 12.3. The predicted octanol–water partition coefficient (Wildman–Crippen LogP) is 8.24. The van der Waals surface area contributed by atoms with Gasteiger partial charge in [0, 0.05) is 114 Å². The van der Waals surface area contributed by atoms with Crippen molar-refractivity contribution in [3.63, 3.8) is 0 Å². The van der Waals surface area contributed by atoms with Crippen LogP contribution >= 0.6 is 11.6 Å². The minimum Gasteiger partial charge on any atom is -0.423 e. The number of ether oxygens (including phenoxy) is 2. The maximum absolute atomic E-state index is 12.9. The van der Waals surface area contributed by atoms with Crippen molar-refractivity contribution in [3.05, 3.63) is 162 Å². The standard InChI is InChI=1S/C26H22F3N5O2.C19H18ClN5O.C7H6BF3O3/c1-17-16-33(25(35)19-5-3-2-4-6-19)13-14-34(17)24-22-15-30-12-11-21(22)23(31-32-24)18-7-9-20(10-8-18)36-26(27,28)29;1-13-12-24(19(26)14-5-3-2-4-6-14)9-10-25(13)18-16-11-21-8-7-15(16)17(20)22-23-18;9-7(10,11)14-6-3-1-5(2-4-6)8(12)13/h2-12,15,17H,13-14,16H2,1H3;2-8,11,13H,9-10,12H2,1H3;1-4,12-13H/t17-;13-;/m11./s1. The lowest BCUT2D eigenvalue weighted by Crippen LogP contribution is -2.54. The number of pyridine rings is 2. The second kappa shape index (κ2) is 23.6. The number of rotatable bonds is 8. The van der Waals surface area contributed by atoms with E-state index in [-0.39, 0.29) is 35.1 Å². The molecule has 2 amide bonds. The molecule has 2 aliphatic heterocycles. The van der Waals surface area contributed by atoms with Crippen molar-refractivity contribution in [1.29, 1.82) is 0 Å². The number of piperazine rings is 2. The van der Waals surface area contributed by atoms with Crippen LogP contribution in [0.5, 0.6) is 11.5 Å². The summed E-state index contributed by atoms with van der Waals surface area (Å²) < 4.78 is 80.1. The van der Waals surface area contributed by atoms with E-state index in [1.165, 1.54) is 24.3 Å². The van der Waals surface area contributed by atoms with Crippen LogP contribution in [0.25, 0.3) is 32.8 Å². The second-order valence-electron chi connectivity index (χ2n) is 17.4. The molecule has 6 heterocycles. The summed E-state index contributed by atoms with van der Waals surface area (Å²) in [5.74, 6) is 0.759. The zero-order chi connectivity index (χ0) is 54.1. The Morgan fingerprint density at radius 3 is 1.45 bits per heavy atom. The Morgan fingerprint density at radius 2 is 1.00 bits per heavy atom. The van der Waals surface area contributed by atoms with Gasteiger partial charge in [-0.2, -0.15) is 0 Å². The molecule has 392 valence electrons. The highest BCUT2D eigenvalue weighted by Crippen LogP contribution is 2.35. The van der Waals surface area contributed by atoms with E-state index in [4.69, 9.17) is 21.6 Å². The fraction of sp³-hybridized carbons (Fsp3) is 0.231. The lowest BCUT2D eigenvalue weighted by molar-refractivity contribution is -0.275. The number of hydrogen-bond acceptors (Lipinski definition) is 14. The Kier molecular flexibility index (Phi) is 16.8. The molecule has 0 spiro atoms. The molecule has 16 nitrogen and oxygen atoms in total. The van der Waals surface area contributed by atoms with Gasteiger partial charge in [-0.3, -0.25) is 19.6 Å². The molecule has 0 saturated carbocycles. The Hall–Kier alpha value is -8.15. The Bertz CT molecular complexity index is 3270. The van der Waals surface area contributed by atoms with Crippen molar-refractivity contribution < 1.29 is 55.5 Å². The van der Waals surface area contributed by atoms with Gasteiger partial charge in [0.15, 0.2) is 16.8 Å². The summed E-state index contributed by atoms with van der Waals surface area (Å²) >= 11 is 6.16. The number of aromatic nitrogens is 6. The Labute approximate surface area is 436 Å². The molecular weight excluding hydrogens is 1020 g/mol. The third kappa shape index (κ3) is 13.4. The van der Waals surface area contributed by atoms with Gasteiger partial charge in [-0.15, -0.1) is 46.7 Å². The highest BCUT2D eigenvalue weighted by atomic mass is 35.5. The average Bonchev–Trinajstić information content (AvgIpc) is 3.41. The largest absolute Gasteiger partial charge is 0.573 e. The Morgan fingerprint density at radius 1 is 0.566 bits per heavy atom. The molecule has 10 rings (SSSR count). The molecule has 2 atom stereocenters. The monoisotopic (exact) mass is 1070 g/mol. The van der Waals surface area contributed by atoms with Gasteiger partial charge < -0.3 is 39.1 Å². The van der Waals surface area contributed by atoms with Crippen LogP contribution in [0.3, 0.4) is 0 Å². The molecule has 8 aromatic rings. The van der Waals surface area contributed by atoms with Gasteiger partial charge in [-0.1, -0.05) is 60.1 Å². The van der Waals surface area contributed by atoms with Gasteiger partial charge in [-0.05, 0) is 92.1 Å². The molecule has 0 radical (unpaired) electrons. The molecule has 76 heavy (non-hydrogen) atoms. The van der Waals surface area contributed by atoms with Crippen LogP contribution in [0.1, 0.15) is 34.6 Å². The molecule has 24 heteroatoms. The number of alkyl halides is 6. The second-order valence-corrected chi connectivity index (χ2v) is 17.8. The Balaban J connectivity index is 0.000000167. The molecule has 2 aliphatic rings. The number of anilines is 2. The minimum atomic E-state index is -4.76. The molecule has 4 aromatic carbocycles. The van der Waals surface area contributed by atoms with Crippen molar-refractivity contribution in [2.24, 2.45) is 0 Å². The normalized spacial score (nSPS) is 15.8. The molecule has 0 bridgehead atoms. The lowest BCUT2D eigenvalue weighted by atomic mass is 9.80. The molecular formula is C52H46BClF6N10O6. The molecule has 0 aliphatic carbocycles.